The van der Waals surface area contributed by atoms with Gasteiger partial charge in [-0.3, -0.25) is 9.59 Å². The lowest BCUT2D eigenvalue weighted by Crippen LogP contribution is -2.48. The lowest BCUT2D eigenvalue weighted by atomic mass is 10.0. The minimum absolute atomic E-state index is 0.00221. The quantitative estimate of drug-likeness (QED) is 0.688. The molecule has 1 heterocycles. The molecular weight excluding hydrogens is 458 g/mol. The molecule has 2 amide bonds. The fraction of sp³-hybridized carbons (Fsp3) is 0.667. The van der Waals surface area contributed by atoms with E-state index in [0.29, 0.717) is 17.0 Å². The second-order valence-electron chi connectivity index (χ2n) is 9.61. The zero-order valence-electron chi connectivity index (χ0n) is 20.7. The molecule has 10 heteroatoms. The number of nitrogens with zero attached hydrogens (tertiary/aromatic N) is 2. The molecule has 1 saturated carbocycles. The Kier molecular flexibility index (Phi) is 8.59. The number of ether oxygens (including phenoxy) is 2. The minimum atomic E-state index is -3.49. The monoisotopic (exact) mass is 495 g/mol. The number of rotatable bonds is 4. The topological polar surface area (TPSA) is 105 Å². The predicted octanol–water partition coefficient (Wildman–Crippen LogP) is 2.58. The highest BCUT2D eigenvalue weighted by atomic mass is 32.2. The molecule has 1 aliphatic carbocycles. The summed E-state index contributed by atoms with van der Waals surface area (Å²) in [5, 5.41) is 2.94. The highest BCUT2D eigenvalue weighted by Gasteiger charge is 2.32. The number of anilines is 1. The van der Waals surface area contributed by atoms with Crippen molar-refractivity contribution in [2.24, 2.45) is 11.8 Å². The number of sulfonamides is 1. The minimum Gasteiger partial charge on any atom is -0.491 e. The van der Waals surface area contributed by atoms with E-state index in [-0.39, 0.29) is 49.5 Å². The third-order valence-electron chi connectivity index (χ3n) is 6.81. The second-order valence-corrected chi connectivity index (χ2v) is 11.5. The van der Waals surface area contributed by atoms with E-state index in [4.69, 9.17) is 9.47 Å². The summed E-state index contributed by atoms with van der Waals surface area (Å²) in [5.74, 6) is -0.0956. The molecule has 34 heavy (non-hydrogen) atoms. The van der Waals surface area contributed by atoms with Crippen LogP contribution in [0, 0.1) is 11.8 Å². The SMILES string of the molecule is CO[C@@H]1CN(C)C(=O)c2cc(NC(=O)C3CCCC3)ccc2OC[C@@H](C)N(S(C)(=O)=O)C[C@@H]1C. The number of carbonyl (C=O) groups excluding carboxylic acids is 2. The van der Waals surface area contributed by atoms with Crippen molar-refractivity contribution in [1.29, 1.82) is 0 Å². The first-order valence-corrected chi connectivity index (χ1v) is 13.7. The third kappa shape index (κ3) is 6.28. The normalized spacial score (nSPS) is 25.7. The summed E-state index contributed by atoms with van der Waals surface area (Å²) in [6.45, 7) is 4.30. The van der Waals surface area contributed by atoms with E-state index in [0.717, 1.165) is 25.7 Å². The first kappa shape index (κ1) is 26.4. The zero-order valence-corrected chi connectivity index (χ0v) is 21.6. The highest BCUT2D eigenvalue weighted by Crippen LogP contribution is 2.29. The van der Waals surface area contributed by atoms with Crippen LogP contribution in [0.2, 0.25) is 0 Å². The standard InChI is InChI=1S/C24H37N3O6S/c1-16-13-27(34(5,30)31)17(2)15-33-21-11-10-19(25-23(28)18-8-6-7-9-18)12-20(21)24(29)26(3)14-22(16)32-4/h10-12,16-18,22H,6-9,13-15H2,1-5H3,(H,25,28)/t16-,17+,22+/m0/s1. The number of benzene rings is 1. The van der Waals surface area contributed by atoms with Gasteiger partial charge in [-0.25, -0.2) is 8.42 Å². The maximum atomic E-state index is 13.4. The second kappa shape index (κ2) is 11.0. The van der Waals surface area contributed by atoms with E-state index < -0.39 is 16.1 Å². The molecule has 3 rings (SSSR count). The van der Waals surface area contributed by atoms with Crippen LogP contribution < -0.4 is 10.1 Å². The van der Waals surface area contributed by atoms with Crippen LogP contribution in [0.25, 0.3) is 0 Å². The Morgan fingerprint density at radius 2 is 1.85 bits per heavy atom. The first-order chi connectivity index (χ1) is 16.0. The third-order valence-corrected chi connectivity index (χ3v) is 8.17. The number of nitrogens with one attached hydrogen (secondary N) is 1. The summed E-state index contributed by atoms with van der Waals surface area (Å²) in [5.41, 5.74) is 0.850. The van der Waals surface area contributed by atoms with Crippen LogP contribution in [0.5, 0.6) is 5.75 Å². The van der Waals surface area contributed by atoms with Crippen LogP contribution in [0.4, 0.5) is 5.69 Å². The van der Waals surface area contributed by atoms with Crippen molar-refractivity contribution in [3.8, 4) is 5.75 Å². The molecule has 0 spiro atoms. The van der Waals surface area contributed by atoms with Gasteiger partial charge in [0.2, 0.25) is 15.9 Å². The number of hydrogen-bond acceptors (Lipinski definition) is 6. The molecule has 1 fully saturated rings. The van der Waals surface area contributed by atoms with E-state index in [1.165, 1.54) is 10.6 Å². The molecule has 1 N–H and O–H groups in total. The number of amides is 2. The average molecular weight is 496 g/mol. The summed E-state index contributed by atoms with van der Waals surface area (Å²) in [6, 6.07) is 4.56. The van der Waals surface area contributed by atoms with E-state index in [1.807, 2.05) is 6.92 Å². The Hall–Kier alpha value is -2.17. The molecule has 0 unspecified atom stereocenters. The number of hydrogen-bond donors (Lipinski definition) is 1. The number of methoxy groups -OCH3 is 1. The van der Waals surface area contributed by atoms with Crippen LogP contribution in [-0.2, 0) is 19.6 Å². The Morgan fingerprint density at radius 1 is 1.18 bits per heavy atom. The summed E-state index contributed by atoms with van der Waals surface area (Å²) in [4.78, 5) is 27.5. The lowest BCUT2D eigenvalue weighted by Gasteiger charge is -2.34. The van der Waals surface area contributed by atoms with Gasteiger partial charge in [0.25, 0.3) is 5.91 Å². The van der Waals surface area contributed by atoms with Gasteiger partial charge in [0.05, 0.1) is 24.0 Å². The van der Waals surface area contributed by atoms with Crippen molar-refractivity contribution in [1.82, 2.24) is 9.21 Å². The van der Waals surface area contributed by atoms with Crippen LogP contribution in [0.15, 0.2) is 18.2 Å². The molecule has 0 bridgehead atoms. The van der Waals surface area contributed by atoms with Gasteiger partial charge in [-0.15, -0.1) is 0 Å². The van der Waals surface area contributed by atoms with Crippen molar-refractivity contribution in [3.63, 3.8) is 0 Å². The van der Waals surface area contributed by atoms with Crippen molar-refractivity contribution in [2.45, 2.75) is 51.7 Å². The Bertz CT molecular complexity index is 992. The Labute approximate surface area is 202 Å². The molecule has 3 atom stereocenters. The van der Waals surface area contributed by atoms with Crippen molar-refractivity contribution in [3.05, 3.63) is 23.8 Å². The number of fused-ring (bicyclic) bond motifs is 1. The van der Waals surface area contributed by atoms with Crippen LogP contribution in [0.3, 0.4) is 0 Å². The smallest absolute Gasteiger partial charge is 0.257 e. The largest absolute Gasteiger partial charge is 0.491 e. The summed E-state index contributed by atoms with van der Waals surface area (Å²) >= 11 is 0. The van der Waals surface area contributed by atoms with Gasteiger partial charge in [0.1, 0.15) is 12.4 Å². The van der Waals surface area contributed by atoms with Crippen molar-refractivity contribution in [2.75, 3.05) is 45.4 Å². The van der Waals surface area contributed by atoms with Gasteiger partial charge in [-0.05, 0) is 43.9 Å². The average Bonchev–Trinajstić information content (AvgIpc) is 3.32. The molecule has 0 aromatic heterocycles. The molecule has 0 saturated heterocycles. The van der Waals surface area contributed by atoms with Gasteiger partial charge >= 0.3 is 0 Å². The molecule has 1 aromatic carbocycles. The van der Waals surface area contributed by atoms with Gasteiger partial charge in [-0.2, -0.15) is 4.31 Å². The van der Waals surface area contributed by atoms with E-state index >= 15 is 0 Å². The summed E-state index contributed by atoms with van der Waals surface area (Å²) in [6.07, 6.45) is 4.70. The first-order valence-electron chi connectivity index (χ1n) is 11.8. The maximum Gasteiger partial charge on any atom is 0.257 e. The fourth-order valence-electron chi connectivity index (χ4n) is 4.72. The van der Waals surface area contributed by atoms with Gasteiger partial charge in [-0.1, -0.05) is 19.8 Å². The fourth-order valence-corrected chi connectivity index (χ4v) is 5.94. The molecule has 1 aliphatic heterocycles. The maximum absolute atomic E-state index is 13.4. The van der Waals surface area contributed by atoms with Crippen LogP contribution >= 0.6 is 0 Å². The van der Waals surface area contributed by atoms with Gasteiger partial charge in [0, 0.05) is 38.9 Å². The molecule has 190 valence electrons. The Balaban J connectivity index is 1.93. The van der Waals surface area contributed by atoms with Crippen LogP contribution in [-0.4, -0.2) is 81.7 Å². The van der Waals surface area contributed by atoms with Crippen molar-refractivity contribution >= 4 is 27.5 Å². The van der Waals surface area contributed by atoms with E-state index in [1.54, 1.807) is 44.2 Å². The Morgan fingerprint density at radius 3 is 2.47 bits per heavy atom. The van der Waals surface area contributed by atoms with E-state index in [2.05, 4.69) is 5.32 Å². The van der Waals surface area contributed by atoms with Gasteiger partial charge in [0.15, 0.2) is 0 Å². The summed E-state index contributed by atoms with van der Waals surface area (Å²) in [7, 11) is -0.248. The van der Waals surface area contributed by atoms with Crippen LogP contribution in [0.1, 0.15) is 49.9 Å². The van der Waals surface area contributed by atoms with E-state index in [9.17, 15) is 18.0 Å². The molecule has 9 nitrogen and oxygen atoms in total. The highest BCUT2D eigenvalue weighted by molar-refractivity contribution is 7.88. The predicted molar refractivity (Wildman–Crippen MR) is 130 cm³/mol. The zero-order chi connectivity index (χ0) is 25.0. The van der Waals surface area contributed by atoms with Crippen molar-refractivity contribution < 1.29 is 27.5 Å². The molecule has 2 aliphatic rings. The summed E-state index contributed by atoms with van der Waals surface area (Å²) < 4.78 is 38.0. The van der Waals surface area contributed by atoms with Gasteiger partial charge < -0.3 is 19.7 Å². The molecular formula is C24H37N3O6S. The lowest BCUT2D eigenvalue weighted by molar-refractivity contribution is -0.119. The number of carbonyl (C=O) groups is 2. The molecule has 1 aromatic rings. The molecule has 0 radical (unpaired) electrons. The number of likely N-dealkylation sites (N-methyl/N-ethyl adjacent to an activating group) is 1.